The number of halogens is 1. The van der Waals surface area contributed by atoms with Crippen molar-refractivity contribution in [3.8, 4) is 0 Å². The molecule has 0 radical (unpaired) electrons. The summed E-state index contributed by atoms with van der Waals surface area (Å²) in [4.78, 5) is 32.7. The van der Waals surface area contributed by atoms with Crippen LogP contribution in [0.15, 0.2) is 54.9 Å². The van der Waals surface area contributed by atoms with Crippen LogP contribution in [0.5, 0.6) is 0 Å². The minimum Gasteiger partial charge on any atom is -0.478 e. The molecule has 164 valence electrons. The summed E-state index contributed by atoms with van der Waals surface area (Å²) in [7, 11) is 0. The van der Waals surface area contributed by atoms with Crippen LogP contribution < -0.4 is 4.90 Å². The lowest BCUT2D eigenvalue weighted by Crippen LogP contribution is -2.52. The predicted octanol–water partition coefficient (Wildman–Crippen LogP) is 2.80. The highest BCUT2D eigenvalue weighted by Gasteiger charge is 2.34. The third kappa shape index (κ3) is 7.34. The molecule has 1 aromatic carbocycles. The highest BCUT2D eigenvalue weighted by atomic mass is 35.5. The van der Waals surface area contributed by atoms with Crippen LogP contribution in [-0.4, -0.2) is 63.2 Å². The van der Waals surface area contributed by atoms with Crippen molar-refractivity contribution >= 4 is 29.4 Å². The molecule has 2 N–H and O–H groups in total. The summed E-state index contributed by atoms with van der Waals surface area (Å²) in [6.45, 7) is 5.49. The molecule has 0 aliphatic carbocycles. The number of carboxylic acid groups (broad SMARTS) is 2. The van der Waals surface area contributed by atoms with Crippen molar-refractivity contribution in [3.63, 3.8) is 0 Å². The first kappa shape index (κ1) is 22.7. The van der Waals surface area contributed by atoms with E-state index in [9.17, 15) is 9.59 Å². The second kappa shape index (κ2) is 10.9. The number of nitrogens with zero attached hydrogens (tertiary/aromatic N) is 4. The largest absolute Gasteiger partial charge is 0.478 e. The average Bonchev–Trinajstić information content (AvgIpc) is 2.73. The molecule has 2 atom stereocenters. The lowest BCUT2D eigenvalue weighted by atomic mass is 9.84. The van der Waals surface area contributed by atoms with Crippen molar-refractivity contribution in [1.82, 2.24) is 14.9 Å². The van der Waals surface area contributed by atoms with Gasteiger partial charge in [-0.1, -0.05) is 41.9 Å². The van der Waals surface area contributed by atoms with Crippen molar-refractivity contribution in [2.75, 3.05) is 31.1 Å². The highest BCUT2D eigenvalue weighted by Crippen LogP contribution is 2.31. The van der Waals surface area contributed by atoms with Crippen LogP contribution in [0.1, 0.15) is 12.0 Å². The summed E-state index contributed by atoms with van der Waals surface area (Å²) >= 11 is 5.99. The van der Waals surface area contributed by atoms with Crippen LogP contribution in [0.25, 0.3) is 0 Å². The molecule has 1 aromatic heterocycles. The Labute approximate surface area is 185 Å². The van der Waals surface area contributed by atoms with Gasteiger partial charge in [0.15, 0.2) is 0 Å². The monoisotopic (exact) mass is 444 g/mol. The number of piperidine rings is 2. The second-order valence-corrected chi connectivity index (χ2v) is 8.15. The maximum Gasteiger partial charge on any atom is 0.328 e. The number of hydrogen-bond acceptors (Lipinski definition) is 6. The van der Waals surface area contributed by atoms with Crippen LogP contribution in [-0.2, 0) is 16.1 Å². The Morgan fingerprint density at radius 1 is 1.00 bits per heavy atom. The van der Waals surface area contributed by atoms with Gasteiger partial charge in [0.2, 0.25) is 0 Å². The number of benzene rings is 1. The number of carboxylic acids is 2. The molecule has 4 rings (SSSR count). The first-order chi connectivity index (χ1) is 14.9. The molecule has 0 amide bonds. The van der Waals surface area contributed by atoms with E-state index >= 15 is 0 Å². The number of fused-ring (bicyclic) bond motifs is 2. The van der Waals surface area contributed by atoms with Gasteiger partial charge in [0.1, 0.15) is 11.0 Å². The third-order valence-corrected chi connectivity index (χ3v) is 5.37. The zero-order valence-corrected chi connectivity index (χ0v) is 17.7. The molecule has 2 aromatic rings. The lowest BCUT2D eigenvalue weighted by Gasteiger charge is -2.46. The standard InChI is InChI=1S/C18H21ClN4.C4H4O4/c19-17-7-20-8-18(21-17)23-12-15-6-16(13-23)11-22(10-15)9-14-4-2-1-3-5-14;5-3(6)1-2-4(7)8/h1-5,7-8,15-16H,6,9-13H2;1-2H,(H,5,6)(H,7,8)/b;2-1+. The molecule has 2 bridgehead atoms. The van der Waals surface area contributed by atoms with E-state index in [0.717, 1.165) is 38.5 Å². The minimum absolute atomic E-state index is 0.476. The normalized spacial score (nSPS) is 20.7. The number of anilines is 1. The lowest BCUT2D eigenvalue weighted by molar-refractivity contribution is -0.134. The van der Waals surface area contributed by atoms with Gasteiger partial charge in [0.05, 0.1) is 12.4 Å². The quantitative estimate of drug-likeness (QED) is 0.678. The fourth-order valence-electron chi connectivity index (χ4n) is 4.17. The number of aliphatic carboxylic acids is 2. The zero-order valence-electron chi connectivity index (χ0n) is 17.0. The van der Waals surface area contributed by atoms with E-state index in [1.165, 1.54) is 12.0 Å². The van der Waals surface area contributed by atoms with E-state index in [0.29, 0.717) is 29.1 Å². The molecule has 8 nitrogen and oxygen atoms in total. The van der Waals surface area contributed by atoms with Crippen molar-refractivity contribution in [2.24, 2.45) is 11.8 Å². The van der Waals surface area contributed by atoms with Crippen LogP contribution in [0.4, 0.5) is 5.82 Å². The summed E-state index contributed by atoms with van der Waals surface area (Å²) < 4.78 is 0. The van der Waals surface area contributed by atoms with E-state index in [-0.39, 0.29) is 0 Å². The van der Waals surface area contributed by atoms with E-state index in [2.05, 4.69) is 50.1 Å². The molecule has 3 heterocycles. The van der Waals surface area contributed by atoms with Gasteiger partial charge in [0, 0.05) is 44.9 Å². The molecule has 2 unspecified atom stereocenters. The van der Waals surface area contributed by atoms with Crippen LogP contribution in [0.3, 0.4) is 0 Å². The SMILES string of the molecule is Clc1cncc(N2CC3CC(CN(Cc4ccccc4)C3)C2)n1.O=C(O)/C=C/C(=O)O. The van der Waals surface area contributed by atoms with Crippen molar-refractivity contribution in [3.05, 3.63) is 65.6 Å². The van der Waals surface area contributed by atoms with Crippen molar-refractivity contribution in [2.45, 2.75) is 13.0 Å². The zero-order chi connectivity index (χ0) is 22.2. The maximum absolute atomic E-state index is 9.55. The number of rotatable bonds is 5. The average molecular weight is 445 g/mol. The van der Waals surface area contributed by atoms with E-state index in [1.54, 1.807) is 6.20 Å². The van der Waals surface area contributed by atoms with Gasteiger partial charge < -0.3 is 15.1 Å². The Hall–Kier alpha value is -2.97. The Balaban J connectivity index is 0.000000293. The van der Waals surface area contributed by atoms with E-state index in [1.807, 2.05) is 6.20 Å². The number of hydrogen-bond donors (Lipinski definition) is 2. The predicted molar refractivity (Wildman–Crippen MR) is 117 cm³/mol. The summed E-state index contributed by atoms with van der Waals surface area (Å²) in [5.41, 5.74) is 1.41. The van der Waals surface area contributed by atoms with Crippen molar-refractivity contribution in [1.29, 1.82) is 0 Å². The molecule has 9 heteroatoms. The summed E-state index contributed by atoms with van der Waals surface area (Å²) in [5, 5.41) is 16.1. The number of likely N-dealkylation sites (tertiary alicyclic amines) is 1. The van der Waals surface area contributed by atoms with Crippen LogP contribution in [0, 0.1) is 11.8 Å². The Morgan fingerprint density at radius 2 is 1.61 bits per heavy atom. The van der Waals surface area contributed by atoms with Gasteiger partial charge in [-0.3, -0.25) is 9.88 Å². The smallest absolute Gasteiger partial charge is 0.328 e. The third-order valence-electron chi connectivity index (χ3n) is 5.19. The van der Waals surface area contributed by atoms with Crippen LogP contribution in [0.2, 0.25) is 5.15 Å². The van der Waals surface area contributed by atoms with Gasteiger partial charge in [-0.2, -0.15) is 0 Å². The summed E-state index contributed by atoms with van der Waals surface area (Å²) in [5.74, 6) is -0.192. The Morgan fingerprint density at radius 3 is 2.16 bits per heavy atom. The van der Waals surface area contributed by atoms with Gasteiger partial charge in [0.25, 0.3) is 0 Å². The molecule has 2 saturated heterocycles. The highest BCUT2D eigenvalue weighted by molar-refractivity contribution is 6.29. The van der Waals surface area contributed by atoms with Crippen molar-refractivity contribution < 1.29 is 19.8 Å². The Bertz CT molecular complexity index is 895. The molecule has 0 saturated carbocycles. The van der Waals surface area contributed by atoms with Gasteiger partial charge >= 0.3 is 11.9 Å². The first-order valence-electron chi connectivity index (χ1n) is 10.0. The fraction of sp³-hybridized carbons (Fsp3) is 0.364. The van der Waals surface area contributed by atoms with Crippen LogP contribution >= 0.6 is 11.6 Å². The van der Waals surface area contributed by atoms with Gasteiger partial charge in [-0.15, -0.1) is 0 Å². The fourth-order valence-corrected chi connectivity index (χ4v) is 4.32. The summed E-state index contributed by atoms with van der Waals surface area (Å²) in [6.07, 6.45) is 5.87. The van der Waals surface area contributed by atoms with Gasteiger partial charge in [-0.25, -0.2) is 14.6 Å². The Kier molecular flexibility index (Phi) is 7.97. The number of aromatic nitrogens is 2. The molecule has 2 fully saturated rings. The maximum atomic E-state index is 9.55. The van der Waals surface area contributed by atoms with Gasteiger partial charge in [-0.05, 0) is 23.8 Å². The van der Waals surface area contributed by atoms with E-state index < -0.39 is 11.9 Å². The summed E-state index contributed by atoms with van der Waals surface area (Å²) in [6, 6.07) is 10.8. The number of carbonyl (C=O) groups is 2. The first-order valence-corrected chi connectivity index (χ1v) is 10.4. The molecular weight excluding hydrogens is 420 g/mol. The topological polar surface area (TPSA) is 107 Å². The molecule has 31 heavy (non-hydrogen) atoms. The molecular formula is C22H25ClN4O4. The second-order valence-electron chi connectivity index (χ2n) is 7.76. The molecule has 0 spiro atoms. The molecule has 2 aliphatic heterocycles. The minimum atomic E-state index is -1.26. The van der Waals surface area contributed by atoms with E-state index in [4.69, 9.17) is 21.8 Å². The molecule has 2 aliphatic rings.